The number of fused-ring (bicyclic) bond motifs is 1. The van der Waals surface area contributed by atoms with E-state index in [2.05, 4.69) is 23.3 Å². The van der Waals surface area contributed by atoms with Crippen molar-refractivity contribution < 1.29 is 0 Å². The Morgan fingerprint density at radius 2 is 2.22 bits per heavy atom. The van der Waals surface area contributed by atoms with Gasteiger partial charge in [0.05, 0.1) is 5.69 Å². The van der Waals surface area contributed by atoms with Crippen molar-refractivity contribution in [2.24, 2.45) is 0 Å². The quantitative estimate of drug-likeness (QED) is 0.820. The monoisotopic (exact) mass is 267 g/mol. The summed E-state index contributed by atoms with van der Waals surface area (Å²) in [6, 6.07) is 0.569. The van der Waals surface area contributed by atoms with E-state index < -0.39 is 0 Å². The molecule has 18 heavy (non-hydrogen) atoms. The number of halogens is 1. The zero-order valence-electron chi connectivity index (χ0n) is 11.3. The molecule has 3 rings (SSSR count). The molecule has 3 nitrogen and oxygen atoms in total. The second-order valence-corrected chi connectivity index (χ2v) is 6.06. The molecule has 2 unspecified atom stereocenters. The van der Waals surface area contributed by atoms with Gasteiger partial charge in [-0.05, 0) is 45.7 Å². The van der Waals surface area contributed by atoms with Crippen LogP contribution in [0.1, 0.15) is 56.6 Å². The van der Waals surface area contributed by atoms with Crippen LogP contribution in [0.15, 0.2) is 0 Å². The molecule has 4 heteroatoms. The van der Waals surface area contributed by atoms with Crippen molar-refractivity contribution in [1.82, 2.24) is 14.5 Å². The summed E-state index contributed by atoms with van der Waals surface area (Å²) in [5, 5.41) is 0.756. The highest BCUT2D eigenvalue weighted by atomic mass is 35.5. The number of likely N-dealkylation sites (tertiary alicyclic amines) is 1. The molecule has 2 aliphatic heterocycles. The maximum absolute atomic E-state index is 6.33. The predicted octanol–water partition coefficient (Wildman–Crippen LogP) is 3.24. The minimum atomic E-state index is 0.569. The Bertz CT molecular complexity index is 440. The van der Waals surface area contributed by atoms with Crippen molar-refractivity contribution in [3.8, 4) is 0 Å². The molecule has 2 atom stereocenters. The summed E-state index contributed by atoms with van der Waals surface area (Å²) in [6.07, 6.45) is 4.84. The van der Waals surface area contributed by atoms with Crippen LogP contribution in [-0.4, -0.2) is 34.1 Å². The van der Waals surface area contributed by atoms with Gasteiger partial charge in [-0.1, -0.05) is 18.5 Å². The van der Waals surface area contributed by atoms with Gasteiger partial charge in [-0.15, -0.1) is 0 Å². The van der Waals surface area contributed by atoms with Gasteiger partial charge in [0.15, 0.2) is 5.15 Å². The van der Waals surface area contributed by atoms with Crippen LogP contribution in [0.2, 0.25) is 5.15 Å². The van der Waals surface area contributed by atoms with Gasteiger partial charge in [0.25, 0.3) is 0 Å². The molecule has 2 aliphatic rings. The lowest BCUT2D eigenvalue weighted by molar-refractivity contribution is 0.347. The standard InChI is InChI=1S/C14H22ClN3/c1-3-17-8-7-11(9-17)14-16-13(15)12-6-4-5-10(2)18(12)14/h10-11H,3-9H2,1-2H3. The van der Waals surface area contributed by atoms with E-state index in [-0.39, 0.29) is 0 Å². The average molecular weight is 268 g/mol. The Kier molecular flexibility index (Phi) is 3.37. The lowest BCUT2D eigenvalue weighted by Gasteiger charge is -2.26. The molecule has 0 spiro atoms. The number of aromatic nitrogens is 2. The number of likely N-dealkylation sites (N-methyl/N-ethyl adjacent to an activating group) is 1. The Morgan fingerprint density at radius 3 is 2.94 bits per heavy atom. The molecule has 3 heterocycles. The van der Waals surface area contributed by atoms with E-state index in [1.54, 1.807) is 0 Å². The van der Waals surface area contributed by atoms with E-state index in [1.165, 1.54) is 37.3 Å². The van der Waals surface area contributed by atoms with Gasteiger partial charge < -0.3 is 9.47 Å². The largest absolute Gasteiger partial charge is 0.327 e. The first-order chi connectivity index (χ1) is 8.70. The van der Waals surface area contributed by atoms with E-state index in [1.807, 2.05) is 0 Å². The van der Waals surface area contributed by atoms with Crippen LogP contribution in [-0.2, 0) is 6.42 Å². The highest BCUT2D eigenvalue weighted by Gasteiger charge is 2.31. The Labute approximate surface area is 114 Å². The maximum Gasteiger partial charge on any atom is 0.150 e. The highest BCUT2D eigenvalue weighted by Crippen LogP contribution is 2.36. The average Bonchev–Trinajstić information content (AvgIpc) is 2.95. The third-order valence-electron chi connectivity index (χ3n) is 4.55. The van der Waals surface area contributed by atoms with Gasteiger partial charge >= 0.3 is 0 Å². The molecule has 1 saturated heterocycles. The van der Waals surface area contributed by atoms with Crippen molar-refractivity contribution >= 4 is 11.6 Å². The summed E-state index contributed by atoms with van der Waals surface area (Å²) < 4.78 is 2.44. The van der Waals surface area contributed by atoms with E-state index in [0.717, 1.165) is 24.7 Å². The Balaban J connectivity index is 1.93. The van der Waals surface area contributed by atoms with E-state index in [9.17, 15) is 0 Å². The van der Waals surface area contributed by atoms with Gasteiger partial charge in [-0.2, -0.15) is 0 Å². The molecule has 0 N–H and O–H groups in total. The van der Waals surface area contributed by atoms with Crippen molar-refractivity contribution in [3.05, 3.63) is 16.7 Å². The first kappa shape index (κ1) is 12.5. The summed E-state index contributed by atoms with van der Waals surface area (Å²) in [6.45, 7) is 8.04. The van der Waals surface area contributed by atoms with Crippen LogP contribution in [0.3, 0.4) is 0 Å². The minimum Gasteiger partial charge on any atom is -0.327 e. The SMILES string of the molecule is CCN1CCC(c2nc(Cl)c3n2C(C)CCC3)C1. The molecule has 0 saturated carbocycles. The Morgan fingerprint density at radius 1 is 1.39 bits per heavy atom. The number of hydrogen-bond donors (Lipinski definition) is 0. The minimum absolute atomic E-state index is 0.569. The predicted molar refractivity (Wildman–Crippen MR) is 74.4 cm³/mol. The summed E-state index contributed by atoms with van der Waals surface area (Å²) in [4.78, 5) is 7.20. The van der Waals surface area contributed by atoms with E-state index in [0.29, 0.717) is 12.0 Å². The third kappa shape index (κ3) is 1.97. The first-order valence-corrected chi connectivity index (χ1v) is 7.57. The smallest absolute Gasteiger partial charge is 0.150 e. The Hall–Kier alpha value is -0.540. The van der Waals surface area contributed by atoms with Crippen LogP contribution in [0.4, 0.5) is 0 Å². The molecule has 0 bridgehead atoms. The molecule has 0 aliphatic carbocycles. The lowest BCUT2D eigenvalue weighted by Crippen LogP contribution is -2.22. The van der Waals surface area contributed by atoms with Crippen molar-refractivity contribution in [2.75, 3.05) is 19.6 Å². The van der Waals surface area contributed by atoms with Crippen LogP contribution in [0, 0.1) is 0 Å². The summed E-state index contributed by atoms with van der Waals surface area (Å²) in [5.41, 5.74) is 1.28. The molecular weight excluding hydrogens is 246 g/mol. The number of nitrogens with zero attached hydrogens (tertiary/aromatic N) is 3. The van der Waals surface area contributed by atoms with Gasteiger partial charge in [-0.3, -0.25) is 0 Å². The second kappa shape index (κ2) is 4.86. The molecule has 0 radical (unpaired) electrons. The van der Waals surface area contributed by atoms with Crippen molar-refractivity contribution in [1.29, 1.82) is 0 Å². The number of imidazole rings is 1. The van der Waals surface area contributed by atoms with Crippen molar-refractivity contribution in [3.63, 3.8) is 0 Å². The molecule has 0 aromatic carbocycles. The third-order valence-corrected chi connectivity index (χ3v) is 4.85. The molecule has 100 valence electrons. The van der Waals surface area contributed by atoms with Crippen molar-refractivity contribution in [2.45, 2.75) is 51.5 Å². The van der Waals surface area contributed by atoms with Gasteiger partial charge in [0.2, 0.25) is 0 Å². The molecule has 0 amide bonds. The summed E-state index contributed by atoms with van der Waals surface area (Å²) >= 11 is 6.33. The molecule has 1 fully saturated rings. The highest BCUT2D eigenvalue weighted by molar-refractivity contribution is 6.30. The van der Waals surface area contributed by atoms with Crippen LogP contribution >= 0.6 is 11.6 Å². The van der Waals surface area contributed by atoms with Gasteiger partial charge in [0, 0.05) is 18.5 Å². The zero-order valence-corrected chi connectivity index (χ0v) is 12.1. The zero-order chi connectivity index (χ0) is 12.7. The summed E-state index contributed by atoms with van der Waals surface area (Å²) in [7, 11) is 0. The molecular formula is C14H22ClN3. The fraction of sp³-hybridized carbons (Fsp3) is 0.786. The fourth-order valence-corrected chi connectivity index (χ4v) is 3.76. The van der Waals surface area contributed by atoms with Crippen LogP contribution in [0.5, 0.6) is 0 Å². The summed E-state index contributed by atoms with van der Waals surface area (Å²) in [5.74, 6) is 1.83. The lowest BCUT2D eigenvalue weighted by atomic mass is 10.0. The van der Waals surface area contributed by atoms with Gasteiger partial charge in [0.1, 0.15) is 5.82 Å². The maximum atomic E-state index is 6.33. The van der Waals surface area contributed by atoms with Crippen LogP contribution < -0.4 is 0 Å². The molecule has 1 aromatic rings. The van der Waals surface area contributed by atoms with Gasteiger partial charge in [-0.25, -0.2) is 4.98 Å². The molecule has 1 aromatic heterocycles. The topological polar surface area (TPSA) is 21.1 Å². The second-order valence-electron chi connectivity index (χ2n) is 5.70. The van der Waals surface area contributed by atoms with Crippen LogP contribution in [0.25, 0.3) is 0 Å². The first-order valence-electron chi connectivity index (χ1n) is 7.19. The normalized spacial score (nSPS) is 28.6. The fourth-order valence-electron chi connectivity index (χ4n) is 3.48. The van der Waals surface area contributed by atoms with E-state index >= 15 is 0 Å². The number of hydrogen-bond acceptors (Lipinski definition) is 2. The van der Waals surface area contributed by atoms with E-state index in [4.69, 9.17) is 16.6 Å². The number of rotatable bonds is 2.